The van der Waals surface area contributed by atoms with Crippen molar-refractivity contribution in [3.05, 3.63) is 0 Å². The van der Waals surface area contributed by atoms with E-state index in [9.17, 15) is 4.79 Å². The summed E-state index contributed by atoms with van der Waals surface area (Å²) in [4.78, 5) is 11.6. The van der Waals surface area contributed by atoms with Crippen LogP contribution < -0.4 is 10.6 Å². The summed E-state index contributed by atoms with van der Waals surface area (Å²) in [6.07, 6.45) is 4.13. The van der Waals surface area contributed by atoms with E-state index >= 15 is 0 Å². The van der Waals surface area contributed by atoms with E-state index in [1.807, 2.05) is 0 Å². The fourth-order valence-corrected chi connectivity index (χ4v) is 1.80. The van der Waals surface area contributed by atoms with Crippen LogP contribution in [0.5, 0.6) is 0 Å². The average molecular weight is 212 g/mol. The predicted molar refractivity (Wildman–Crippen MR) is 62.7 cm³/mol. The quantitative estimate of drug-likeness (QED) is 0.728. The summed E-state index contributed by atoms with van der Waals surface area (Å²) < 4.78 is 0. The maximum Gasteiger partial charge on any atom is 0.220 e. The van der Waals surface area contributed by atoms with Crippen molar-refractivity contribution >= 4 is 5.91 Å². The molecule has 0 bridgehead atoms. The van der Waals surface area contributed by atoms with Crippen LogP contribution in [0.25, 0.3) is 0 Å². The highest BCUT2D eigenvalue weighted by Crippen LogP contribution is 2.10. The number of nitrogens with one attached hydrogen (secondary N) is 2. The monoisotopic (exact) mass is 212 g/mol. The molecule has 1 aliphatic heterocycles. The van der Waals surface area contributed by atoms with Crippen LogP contribution in [0.3, 0.4) is 0 Å². The van der Waals surface area contributed by atoms with Crippen molar-refractivity contribution in [2.75, 3.05) is 6.54 Å². The summed E-state index contributed by atoms with van der Waals surface area (Å²) >= 11 is 0. The molecule has 2 N–H and O–H groups in total. The summed E-state index contributed by atoms with van der Waals surface area (Å²) in [5.41, 5.74) is 0. The molecule has 1 rings (SSSR count). The molecule has 0 saturated carbocycles. The molecule has 0 aromatic heterocycles. The molecule has 0 aromatic rings. The van der Waals surface area contributed by atoms with E-state index in [0.29, 0.717) is 18.4 Å². The van der Waals surface area contributed by atoms with Crippen molar-refractivity contribution in [2.24, 2.45) is 5.92 Å². The number of hydrogen-bond acceptors (Lipinski definition) is 2. The highest BCUT2D eigenvalue weighted by molar-refractivity contribution is 5.76. The van der Waals surface area contributed by atoms with Crippen molar-refractivity contribution < 1.29 is 4.79 Å². The smallest absolute Gasteiger partial charge is 0.220 e. The van der Waals surface area contributed by atoms with Gasteiger partial charge in [0.25, 0.3) is 0 Å². The topological polar surface area (TPSA) is 41.1 Å². The lowest BCUT2D eigenvalue weighted by atomic mass is 10.1. The van der Waals surface area contributed by atoms with Crippen LogP contribution in [-0.4, -0.2) is 24.5 Å². The third kappa shape index (κ3) is 4.65. The standard InChI is InChI=1S/C12H24N2O/c1-9(2)10(3)14-12(15)7-6-11-5-4-8-13-11/h9-11,13H,4-8H2,1-3H3,(H,14,15). The van der Waals surface area contributed by atoms with Gasteiger partial charge < -0.3 is 10.6 Å². The molecule has 88 valence electrons. The van der Waals surface area contributed by atoms with Gasteiger partial charge in [-0.25, -0.2) is 0 Å². The SMILES string of the molecule is CC(C)C(C)NC(=O)CCC1CCCN1. The molecule has 3 nitrogen and oxygen atoms in total. The fraction of sp³-hybridized carbons (Fsp3) is 0.917. The first-order valence-corrected chi connectivity index (χ1v) is 6.12. The highest BCUT2D eigenvalue weighted by Gasteiger charge is 2.16. The first kappa shape index (κ1) is 12.5. The molecule has 3 heteroatoms. The van der Waals surface area contributed by atoms with Crippen LogP contribution in [-0.2, 0) is 4.79 Å². The van der Waals surface area contributed by atoms with Gasteiger partial charge in [-0.15, -0.1) is 0 Å². The first-order chi connectivity index (χ1) is 7.09. The van der Waals surface area contributed by atoms with E-state index in [1.165, 1.54) is 12.8 Å². The Labute approximate surface area is 93.0 Å². The van der Waals surface area contributed by atoms with E-state index in [4.69, 9.17) is 0 Å². The minimum absolute atomic E-state index is 0.199. The van der Waals surface area contributed by atoms with Gasteiger partial charge in [-0.1, -0.05) is 13.8 Å². The van der Waals surface area contributed by atoms with Gasteiger partial charge in [-0.2, -0.15) is 0 Å². The molecule has 2 unspecified atom stereocenters. The lowest BCUT2D eigenvalue weighted by Crippen LogP contribution is -2.36. The Kier molecular flexibility index (Phi) is 5.09. The number of amides is 1. The Morgan fingerprint density at radius 2 is 2.20 bits per heavy atom. The molecule has 0 aromatic carbocycles. The van der Waals surface area contributed by atoms with Gasteiger partial charge in [-0.3, -0.25) is 4.79 Å². The summed E-state index contributed by atoms with van der Waals surface area (Å²) in [7, 11) is 0. The van der Waals surface area contributed by atoms with E-state index < -0.39 is 0 Å². The molecule has 0 spiro atoms. The summed E-state index contributed by atoms with van der Waals surface area (Å²) in [5, 5.41) is 6.44. The van der Waals surface area contributed by atoms with Crippen LogP contribution in [0.15, 0.2) is 0 Å². The molecular weight excluding hydrogens is 188 g/mol. The van der Waals surface area contributed by atoms with Gasteiger partial charge in [0.1, 0.15) is 0 Å². The van der Waals surface area contributed by atoms with Crippen molar-refractivity contribution in [3.8, 4) is 0 Å². The fourth-order valence-electron chi connectivity index (χ4n) is 1.80. The summed E-state index contributed by atoms with van der Waals surface area (Å²) in [5.74, 6) is 0.712. The third-order valence-corrected chi connectivity index (χ3v) is 3.27. The Balaban J connectivity index is 2.12. The van der Waals surface area contributed by atoms with Gasteiger partial charge in [0, 0.05) is 18.5 Å². The van der Waals surface area contributed by atoms with Crippen molar-refractivity contribution in [1.82, 2.24) is 10.6 Å². The summed E-state index contributed by atoms with van der Waals surface area (Å²) in [6, 6.07) is 0.860. The zero-order valence-corrected chi connectivity index (χ0v) is 10.2. The molecule has 15 heavy (non-hydrogen) atoms. The molecule has 1 heterocycles. The highest BCUT2D eigenvalue weighted by atomic mass is 16.1. The zero-order valence-electron chi connectivity index (χ0n) is 10.2. The Bertz CT molecular complexity index is 198. The van der Waals surface area contributed by atoms with E-state index in [-0.39, 0.29) is 11.9 Å². The van der Waals surface area contributed by atoms with Crippen molar-refractivity contribution in [3.63, 3.8) is 0 Å². The normalized spacial score (nSPS) is 23.1. The average Bonchev–Trinajstić information content (AvgIpc) is 2.66. The molecule has 1 fully saturated rings. The second kappa shape index (κ2) is 6.11. The van der Waals surface area contributed by atoms with Gasteiger partial charge >= 0.3 is 0 Å². The largest absolute Gasteiger partial charge is 0.353 e. The number of hydrogen-bond donors (Lipinski definition) is 2. The number of carbonyl (C=O) groups excluding carboxylic acids is 1. The van der Waals surface area contributed by atoms with Crippen LogP contribution in [0.4, 0.5) is 0 Å². The van der Waals surface area contributed by atoms with Crippen LogP contribution in [0.1, 0.15) is 46.5 Å². The van der Waals surface area contributed by atoms with Crippen LogP contribution in [0.2, 0.25) is 0 Å². The third-order valence-electron chi connectivity index (χ3n) is 3.27. The first-order valence-electron chi connectivity index (χ1n) is 6.12. The number of rotatable bonds is 5. The van der Waals surface area contributed by atoms with Crippen molar-refractivity contribution in [2.45, 2.75) is 58.5 Å². The molecular formula is C12H24N2O. The zero-order chi connectivity index (χ0) is 11.3. The van der Waals surface area contributed by atoms with Gasteiger partial charge in [0.2, 0.25) is 5.91 Å². The molecule has 1 aliphatic rings. The van der Waals surface area contributed by atoms with Crippen LogP contribution >= 0.6 is 0 Å². The molecule has 1 amide bonds. The number of carbonyl (C=O) groups is 1. The van der Waals surface area contributed by atoms with Crippen LogP contribution in [0, 0.1) is 5.92 Å². The van der Waals surface area contributed by atoms with E-state index in [1.54, 1.807) is 0 Å². The maximum absolute atomic E-state index is 11.6. The second-order valence-corrected chi connectivity index (χ2v) is 4.93. The minimum atomic E-state index is 0.199. The van der Waals surface area contributed by atoms with Crippen molar-refractivity contribution in [1.29, 1.82) is 0 Å². The molecule has 0 radical (unpaired) electrons. The van der Waals surface area contributed by atoms with E-state index in [2.05, 4.69) is 31.4 Å². The Morgan fingerprint density at radius 1 is 1.47 bits per heavy atom. The van der Waals surface area contributed by atoms with Gasteiger partial charge in [-0.05, 0) is 38.6 Å². The van der Waals surface area contributed by atoms with Gasteiger partial charge in [0.05, 0.1) is 0 Å². The molecule has 0 aliphatic carbocycles. The maximum atomic E-state index is 11.6. The lowest BCUT2D eigenvalue weighted by Gasteiger charge is -2.18. The lowest BCUT2D eigenvalue weighted by molar-refractivity contribution is -0.122. The minimum Gasteiger partial charge on any atom is -0.353 e. The van der Waals surface area contributed by atoms with E-state index in [0.717, 1.165) is 13.0 Å². The molecule has 1 saturated heterocycles. The predicted octanol–water partition coefficient (Wildman–Crippen LogP) is 1.68. The Hall–Kier alpha value is -0.570. The van der Waals surface area contributed by atoms with Gasteiger partial charge in [0.15, 0.2) is 0 Å². The Morgan fingerprint density at radius 3 is 2.73 bits per heavy atom. The summed E-state index contributed by atoms with van der Waals surface area (Å²) in [6.45, 7) is 7.44. The second-order valence-electron chi connectivity index (χ2n) is 4.93. The molecule has 2 atom stereocenters.